The first kappa shape index (κ1) is 25.8. The van der Waals surface area contributed by atoms with Crippen molar-refractivity contribution in [2.24, 2.45) is 0 Å². The van der Waals surface area contributed by atoms with E-state index >= 15 is 0 Å². The molecule has 0 radical (unpaired) electrons. The minimum absolute atomic E-state index is 0.137. The van der Waals surface area contributed by atoms with Gasteiger partial charge in [-0.15, -0.1) is 0 Å². The summed E-state index contributed by atoms with van der Waals surface area (Å²) in [4.78, 5) is 31.5. The molecule has 39 heavy (non-hydrogen) atoms. The van der Waals surface area contributed by atoms with Gasteiger partial charge < -0.3 is 9.84 Å². The normalized spacial score (nSPS) is 10.9. The minimum atomic E-state index is -0.773. The Hall–Kier alpha value is -4.84. The summed E-state index contributed by atoms with van der Waals surface area (Å²) >= 11 is 0. The molecule has 0 amide bonds. The Morgan fingerprint density at radius 1 is 0.590 bits per heavy atom. The molecular weight excluding hydrogens is 488 g/mol. The third-order valence-electron chi connectivity index (χ3n) is 6.79. The minimum Gasteiger partial charge on any atom is -0.481 e. The molecule has 0 atom stereocenters. The van der Waals surface area contributed by atoms with E-state index in [0.29, 0.717) is 19.3 Å². The number of carboxylic acid groups (broad SMARTS) is 1. The summed E-state index contributed by atoms with van der Waals surface area (Å²) in [5.74, 6) is -0.958. The molecule has 0 saturated carbocycles. The number of rotatable bonds is 6. The maximum atomic E-state index is 11.4. The zero-order chi connectivity index (χ0) is 27.2. The summed E-state index contributed by atoms with van der Waals surface area (Å²) in [6.07, 6.45) is 1.71. The highest BCUT2D eigenvalue weighted by molar-refractivity contribution is 5.98. The summed E-state index contributed by atoms with van der Waals surface area (Å²) in [5, 5.41) is 13.2. The van der Waals surface area contributed by atoms with Crippen LogP contribution in [-0.2, 0) is 27.2 Å². The monoisotopic (exact) mass is 516 g/mol. The van der Waals surface area contributed by atoms with E-state index in [1.165, 1.54) is 7.11 Å². The van der Waals surface area contributed by atoms with Gasteiger partial charge in [0.25, 0.3) is 0 Å². The highest BCUT2D eigenvalue weighted by atomic mass is 16.5. The number of aliphatic carboxylic acids is 1. The molecule has 0 aliphatic rings. The number of pyridine rings is 2. The van der Waals surface area contributed by atoms with Crippen LogP contribution in [0.3, 0.4) is 0 Å². The average molecular weight is 517 g/mol. The number of nitrogens with zero attached hydrogens (tertiary/aromatic N) is 2. The van der Waals surface area contributed by atoms with Crippen molar-refractivity contribution < 1.29 is 19.4 Å². The van der Waals surface area contributed by atoms with Gasteiger partial charge in [-0.2, -0.15) is 0 Å². The zero-order valence-electron chi connectivity index (χ0n) is 21.6. The number of aromatic nitrogens is 2. The number of hydrogen-bond donors (Lipinski definition) is 1. The van der Waals surface area contributed by atoms with Crippen LogP contribution >= 0.6 is 0 Å². The van der Waals surface area contributed by atoms with Gasteiger partial charge >= 0.3 is 11.9 Å². The molecule has 2 heterocycles. The molecule has 6 heteroatoms. The second kappa shape index (κ2) is 11.7. The van der Waals surface area contributed by atoms with E-state index in [1.807, 2.05) is 84.9 Å². The number of carbonyl (C=O) groups is 2. The Kier molecular flexibility index (Phi) is 7.73. The third-order valence-corrected chi connectivity index (χ3v) is 6.79. The molecule has 0 aliphatic carbocycles. The van der Waals surface area contributed by atoms with Gasteiger partial charge in [-0.1, -0.05) is 72.8 Å². The van der Waals surface area contributed by atoms with E-state index < -0.39 is 5.97 Å². The lowest BCUT2D eigenvalue weighted by molar-refractivity contribution is -0.140. The Morgan fingerprint density at radius 3 is 1.26 bits per heavy atom. The lowest BCUT2D eigenvalue weighted by atomic mass is 9.99. The molecule has 2 aromatic heterocycles. The van der Waals surface area contributed by atoms with E-state index in [2.05, 4.69) is 22.1 Å². The number of methoxy groups -OCH3 is 1. The standard InChI is InChI=1S/C17H15NO2.C16H13NO2/c1-20-17(19)11-10-12-13-6-2-4-8-15(13)18-16-9-5-3-7-14(12)16;18-16(19)10-9-11-12-5-1-3-7-14(12)17-15-8-4-2-6-13(11)15/h2-9H,10-11H2,1H3;1-8H,9-10H2,(H,18,19). The van der Waals surface area contributed by atoms with Gasteiger partial charge in [0.1, 0.15) is 0 Å². The van der Waals surface area contributed by atoms with Crippen molar-refractivity contribution in [1.29, 1.82) is 0 Å². The third kappa shape index (κ3) is 5.70. The lowest BCUT2D eigenvalue weighted by Crippen LogP contribution is -2.03. The molecule has 1 N–H and O–H groups in total. The molecule has 0 unspecified atom stereocenters. The number of fused-ring (bicyclic) bond motifs is 4. The van der Waals surface area contributed by atoms with Crippen LogP contribution in [0.5, 0.6) is 0 Å². The van der Waals surface area contributed by atoms with Crippen LogP contribution in [0.4, 0.5) is 0 Å². The lowest BCUT2D eigenvalue weighted by Gasteiger charge is -2.10. The van der Waals surface area contributed by atoms with E-state index in [4.69, 9.17) is 9.84 Å². The fourth-order valence-electron chi connectivity index (χ4n) is 4.95. The van der Waals surface area contributed by atoms with Crippen molar-refractivity contribution in [2.45, 2.75) is 25.7 Å². The first-order valence-corrected chi connectivity index (χ1v) is 12.9. The molecule has 6 aromatic rings. The van der Waals surface area contributed by atoms with E-state index in [1.54, 1.807) is 0 Å². The number of para-hydroxylation sites is 4. The summed E-state index contributed by atoms with van der Waals surface area (Å²) in [5.41, 5.74) is 6.00. The number of carboxylic acids is 1. The fraction of sp³-hybridized carbons (Fsp3) is 0.152. The van der Waals surface area contributed by atoms with Gasteiger partial charge in [-0.05, 0) is 48.2 Å². The highest BCUT2D eigenvalue weighted by Gasteiger charge is 2.11. The van der Waals surface area contributed by atoms with Gasteiger partial charge in [-0.25, -0.2) is 9.97 Å². The first-order valence-electron chi connectivity index (χ1n) is 12.9. The molecule has 194 valence electrons. The number of hydrogen-bond acceptors (Lipinski definition) is 5. The van der Waals surface area contributed by atoms with Crippen LogP contribution in [0.15, 0.2) is 97.1 Å². The summed E-state index contributed by atoms with van der Waals surface area (Å²) < 4.78 is 4.74. The Balaban J connectivity index is 0.000000158. The Morgan fingerprint density at radius 2 is 0.923 bits per heavy atom. The highest BCUT2D eigenvalue weighted by Crippen LogP contribution is 2.28. The number of aryl methyl sites for hydroxylation is 2. The largest absolute Gasteiger partial charge is 0.481 e. The molecular formula is C33H28N2O4. The second-order valence-corrected chi connectivity index (χ2v) is 9.22. The number of benzene rings is 4. The van der Waals surface area contributed by atoms with Crippen molar-refractivity contribution in [1.82, 2.24) is 9.97 Å². The van der Waals surface area contributed by atoms with E-state index in [0.717, 1.165) is 54.7 Å². The van der Waals surface area contributed by atoms with Gasteiger partial charge in [0.2, 0.25) is 0 Å². The SMILES string of the molecule is COC(=O)CCc1c2ccccc2nc2ccccc12.O=C(O)CCc1c2ccccc2nc2ccccc12. The molecule has 0 bridgehead atoms. The molecule has 6 rings (SSSR count). The molecule has 0 aliphatic heterocycles. The quantitative estimate of drug-likeness (QED) is 0.191. The van der Waals surface area contributed by atoms with Gasteiger partial charge in [0.15, 0.2) is 0 Å². The van der Waals surface area contributed by atoms with Crippen molar-refractivity contribution in [3.05, 3.63) is 108 Å². The molecule has 0 spiro atoms. The van der Waals surface area contributed by atoms with Crippen LogP contribution in [0, 0.1) is 0 Å². The predicted molar refractivity (Wildman–Crippen MR) is 155 cm³/mol. The van der Waals surface area contributed by atoms with Crippen molar-refractivity contribution in [3.63, 3.8) is 0 Å². The van der Waals surface area contributed by atoms with Gasteiger partial charge in [0.05, 0.1) is 29.2 Å². The van der Waals surface area contributed by atoms with Crippen molar-refractivity contribution >= 4 is 55.6 Å². The van der Waals surface area contributed by atoms with E-state index in [9.17, 15) is 9.59 Å². The van der Waals surface area contributed by atoms with Crippen LogP contribution in [0.2, 0.25) is 0 Å². The first-order chi connectivity index (χ1) is 19.0. The Labute approximate surface area is 225 Å². The average Bonchev–Trinajstić information content (AvgIpc) is 2.97. The molecule has 6 nitrogen and oxygen atoms in total. The van der Waals surface area contributed by atoms with Crippen molar-refractivity contribution in [2.75, 3.05) is 7.11 Å². The van der Waals surface area contributed by atoms with Crippen LogP contribution in [-0.4, -0.2) is 34.1 Å². The van der Waals surface area contributed by atoms with Gasteiger partial charge in [0, 0.05) is 34.4 Å². The topological polar surface area (TPSA) is 89.4 Å². The molecule has 0 saturated heterocycles. The maximum absolute atomic E-state index is 11.4. The summed E-state index contributed by atoms with van der Waals surface area (Å²) in [6.45, 7) is 0. The zero-order valence-corrected chi connectivity index (χ0v) is 21.6. The predicted octanol–water partition coefficient (Wildman–Crippen LogP) is 6.90. The second-order valence-electron chi connectivity index (χ2n) is 9.22. The van der Waals surface area contributed by atoms with Crippen LogP contribution in [0.1, 0.15) is 24.0 Å². The number of ether oxygens (including phenoxy) is 1. The van der Waals surface area contributed by atoms with Crippen LogP contribution in [0.25, 0.3) is 43.6 Å². The smallest absolute Gasteiger partial charge is 0.305 e. The van der Waals surface area contributed by atoms with E-state index in [-0.39, 0.29) is 12.4 Å². The van der Waals surface area contributed by atoms with Crippen molar-refractivity contribution in [3.8, 4) is 0 Å². The number of carbonyl (C=O) groups excluding carboxylic acids is 1. The molecule has 4 aromatic carbocycles. The molecule has 0 fully saturated rings. The maximum Gasteiger partial charge on any atom is 0.305 e. The summed E-state index contributed by atoms with van der Waals surface area (Å²) in [7, 11) is 1.42. The van der Waals surface area contributed by atoms with Crippen LogP contribution < -0.4 is 0 Å². The summed E-state index contributed by atoms with van der Waals surface area (Å²) in [6, 6.07) is 31.8. The fourth-order valence-corrected chi connectivity index (χ4v) is 4.95. The number of esters is 1. The van der Waals surface area contributed by atoms with Gasteiger partial charge in [-0.3, -0.25) is 9.59 Å². The Bertz CT molecular complexity index is 1710.